The van der Waals surface area contributed by atoms with Gasteiger partial charge in [0.1, 0.15) is 11.6 Å². The van der Waals surface area contributed by atoms with Crippen molar-refractivity contribution in [2.75, 3.05) is 0 Å². The summed E-state index contributed by atoms with van der Waals surface area (Å²) in [6.07, 6.45) is 0.275. The van der Waals surface area contributed by atoms with Crippen LogP contribution in [0.3, 0.4) is 0 Å². The fourth-order valence-corrected chi connectivity index (χ4v) is 1.48. The molecule has 0 aliphatic carbocycles. The normalized spacial score (nSPS) is 12.8. The number of hydrogen-bond donors (Lipinski definition) is 1. The quantitative estimate of drug-likeness (QED) is 0.746. The third-order valence-corrected chi connectivity index (χ3v) is 2.40. The Kier molecular flexibility index (Phi) is 4.67. The third kappa shape index (κ3) is 5.09. The van der Waals surface area contributed by atoms with Gasteiger partial charge in [-0.1, -0.05) is 12.1 Å². The van der Waals surface area contributed by atoms with Gasteiger partial charge in [0.05, 0.1) is 11.5 Å². The molecule has 0 heterocycles. The van der Waals surface area contributed by atoms with Gasteiger partial charge in [-0.2, -0.15) is 0 Å². The van der Waals surface area contributed by atoms with Crippen molar-refractivity contribution < 1.29 is 25.2 Å². The van der Waals surface area contributed by atoms with E-state index in [4.69, 9.17) is 4.74 Å². The first-order valence-electron chi connectivity index (χ1n) is 6.05. The van der Waals surface area contributed by atoms with Crippen LogP contribution in [0, 0.1) is 0 Å². The van der Waals surface area contributed by atoms with Crippen LogP contribution >= 0.6 is 0 Å². The molecule has 1 aromatic carbocycles. The van der Waals surface area contributed by atoms with Crippen molar-refractivity contribution in [3.8, 4) is 0 Å². The smallest absolute Gasteiger partial charge is 0.338 e. The maximum Gasteiger partial charge on any atom is 0.338 e. The molecular formula is C14H19NO4. The molecule has 0 saturated carbocycles. The first-order valence-corrected chi connectivity index (χ1v) is 6.05. The number of esters is 1. The highest BCUT2D eigenvalue weighted by Crippen LogP contribution is 2.13. The zero-order valence-electron chi connectivity index (χ0n) is 11.4. The van der Waals surface area contributed by atoms with Crippen LogP contribution in [0.25, 0.3) is 0 Å². The van der Waals surface area contributed by atoms with Crippen LogP contribution < -0.4 is 10.8 Å². The van der Waals surface area contributed by atoms with E-state index in [-0.39, 0.29) is 6.42 Å². The Balaban J connectivity index is 2.71. The van der Waals surface area contributed by atoms with E-state index in [0.29, 0.717) is 5.56 Å². The second-order valence-electron chi connectivity index (χ2n) is 5.42. The van der Waals surface area contributed by atoms with E-state index >= 15 is 0 Å². The summed E-state index contributed by atoms with van der Waals surface area (Å²) in [6, 6.07) is 5.82. The Morgan fingerprint density at radius 1 is 1.26 bits per heavy atom. The summed E-state index contributed by atoms with van der Waals surface area (Å²) in [5.41, 5.74) is 4.17. The number of rotatable bonds is 4. The molecule has 0 amide bonds. The number of carbonyl (C=O) groups is 2. The molecule has 0 aliphatic rings. The molecule has 0 radical (unpaired) electrons. The minimum absolute atomic E-state index is 0.275. The van der Waals surface area contributed by atoms with Gasteiger partial charge < -0.3 is 20.4 Å². The van der Waals surface area contributed by atoms with Crippen molar-refractivity contribution in [1.29, 1.82) is 0 Å². The average molecular weight is 265 g/mol. The summed E-state index contributed by atoms with van der Waals surface area (Å²) >= 11 is 0. The number of quaternary nitrogens is 1. The number of benzene rings is 1. The minimum Gasteiger partial charge on any atom is -0.544 e. The molecule has 0 saturated heterocycles. The molecule has 0 unspecified atom stereocenters. The maximum atomic E-state index is 11.8. The lowest BCUT2D eigenvalue weighted by atomic mass is 10.0. The summed E-state index contributed by atoms with van der Waals surface area (Å²) in [5.74, 6) is -1.58. The molecule has 1 atom stereocenters. The lowest BCUT2D eigenvalue weighted by Gasteiger charge is -2.19. The number of hydrogen-bond acceptors (Lipinski definition) is 4. The molecule has 3 N–H and O–H groups in total. The fraction of sp³-hybridized carbons (Fsp3) is 0.429. The molecular weight excluding hydrogens is 246 g/mol. The van der Waals surface area contributed by atoms with Crippen LogP contribution in [0.2, 0.25) is 0 Å². The molecule has 0 spiro atoms. The van der Waals surface area contributed by atoms with E-state index in [2.05, 4.69) is 5.73 Å². The zero-order chi connectivity index (χ0) is 14.6. The molecule has 0 fully saturated rings. The van der Waals surface area contributed by atoms with Gasteiger partial charge >= 0.3 is 5.97 Å². The van der Waals surface area contributed by atoms with Crippen LogP contribution in [0.5, 0.6) is 0 Å². The summed E-state index contributed by atoms with van der Waals surface area (Å²) in [6.45, 7) is 5.39. The zero-order valence-corrected chi connectivity index (χ0v) is 11.4. The summed E-state index contributed by atoms with van der Waals surface area (Å²) in [7, 11) is 0. The standard InChI is InChI=1S/C14H19NO4/c1-14(2,3)19-13(18)10-6-4-9(5-7-10)8-11(15)12(16)17/h4-7,11H,8,15H2,1-3H3,(H,16,17)/t11-/m0/s1. The molecule has 0 aromatic heterocycles. The predicted molar refractivity (Wildman–Crippen MR) is 67.0 cm³/mol. The van der Waals surface area contributed by atoms with Gasteiger partial charge in [0, 0.05) is 6.42 Å². The Hall–Kier alpha value is -1.88. The number of carboxylic acid groups (broad SMARTS) is 1. The Morgan fingerprint density at radius 2 is 1.79 bits per heavy atom. The van der Waals surface area contributed by atoms with E-state index in [1.807, 2.05) is 0 Å². The molecule has 19 heavy (non-hydrogen) atoms. The lowest BCUT2D eigenvalue weighted by molar-refractivity contribution is -0.437. The van der Waals surface area contributed by atoms with Crippen LogP contribution in [-0.4, -0.2) is 23.6 Å². The number of ether oxygens (including phenoxy) is 1. The highest BCUT2D eigenvalue weighted by Gasteiger charge is 2.17. The Morgan fingerprint density at radius 3 is 2.21 bits per heavy atom. The molecule has 0 bridgehead atoms. The first kappa shape index (κ1) is 15.2. The van der Waals surface area contributed by atoms with E-state index in [9.17, 15) is 14.7 Å². The summed E-state index contributed by atoms with van der Waals surface area (Å²) in [5, 5.41) is 10.6. The highest BCUT2D eigenvalue weighted by molar-refractivity contribution is 5.89. The molecule has 1 rings (SSSR count). The molecule has 104 valence electrons. The van der Waals surface area contributed by atoms with Crippen LogP contribution in [-0.2, 0) is 16.0 Å². The first-order chi connectivity index (χ1) is 8.69. The summed E-state index contributed by atoms with van der Waals surface area (Å²) < 4.78 is 5.23. The lowest BCUT2D eigenvalue weighted by Crippen LogP contribution is -2.69. The molecule has 5 nitrogen and oxygen atoms in total. The number of carbonyl (C=O) groups excluding carboxylic acids is 2. The monoisotopic (exact) mass is 265 g/mol. The second kappa shape index (κ2) is 5.84. The van der Waals surface area contributed by atoms with Gasteiger partial charge in [0.15, 0.2) is 0 Å². The molecule has 5 heteroatoms. The number of carboxylic acids is 1. The van der Waals surface area contributed by atoms with Gasteiger partial charge in [-0.15, -0.1) is 0 Å². The van der Waals surface area contributed by atoms with Crippen molar-refractivity contribution in [3.63, 3.8) is 0 Å². The van der Waals surface area contributed by atoms with Gasteiger partial charge in [-0.05, 0) is 38.5 Å². The predicted octanol–water partition coefficient (Wildman–Crippen LogP) is -0.455. The van der Waals surface area contributed by atoms with E-state index in [1.165, 1.54) is 0 Å². The van der Waals surface area contributed by atoms with Crippen LogP contribution in [0.15, 0.2) is 24.3 Å². The second-order valence-corrected chi connectivity index (χ2v) is 5.42. The SMILES string of the molecule is CC(C)(C)OC(=O)c1ccc(C[C@H]([NH3+])C(=O)[O-])cc1. The fourth-order valence-electron chi connectivity index (χ4n) is 1.48. The largest absolute Gasteiger partial charge is 0.544 e. The van der Waals surface area contributed by atoms with E-state index < -0.39 is 23.6 Å². The minimum atomic E-state index is -1.18. The topological polar surface area (TPSA) is 94.1 Å². The Bertz CT molecular complexity index is 459. The number of aliphatic carboxylic acids is 1. The van der Waals surface area contributed by atoms with Crippen molar-refractivity contribution in [1.82, 2.24) is 0 Å². The van der Waals surface area contributed by atoms with Gasteiger partial charge in [0.25, 0.3) is 0 Å². The van der Waals surface area contributed by atoms with E-state index in [1.54, 1.807) is 45.0 Å². The third-order valence-electron chi connectivity index (χ3n) is 2.40. The summed E-state index contributed by atoms with van der Waals surface area (Å²) in [4.78, 5) is 22.4. The van der Waals surface area contributed by atoms with E-state index in [0.717, 1.165) is 5.56 Å². The van der Waals surface area contributed by atoms with Gasteiger partial charge in [0.2, 0.25) is 0 Å². The van der Waals surface area contributed by atoms with Gasteiger partial charge in [-0.3, -0.25) is 0 Å². The highest BCUT2D eigenvalue weighted by atomic mass is 16.6. The maximum absolute atomic E-state index is 11.8. The van der Waals surface area contributed by atoms with Crippen molar-refractivity contribution in [2.45, 2.75) is 38.8 Å². The molecule has 1 aromatic rings. The molecule has 0 aliphatic heterocycles. The van der Waals surface area contributed by atoms with Crippen molar-refractivity contribution in [3.05, 3.63) is 35.4 Å². The average Bonchev–Trinajstić information content (AvgIpc) is 2.27. The van der Waals surface area contributed by atoms with Crippen LogP contribution in [0.4, 0.5) is 0 Å². The van der Waals surface area contributed by atoms with Crippen LogP contribution in [0.1, 0.15) is 36.7 Å². The van der Waals surface area contributed by atoms with Crippen molar-refractivity contribution in [2.24, 2.45) is 0 Å². The van der Waals surface area contributed by atoms with Gasteiger partial charge in [-0.25, -0.2) is 4.79 Å². The van der Waals surface area contributed by atoms with Crippen molar-refractivity contribution >= 4 is 11.9 Å². The Labute approximate surface area is 112 Å².